The van der Waals surface area contributed by atoms with Crippen molar-refractivity contribution in [3.05, 3.63) is 36.4 Å². The highest BCUT2D eigenvalue weighted by atomic mass is 32.2. The highest BCUT2D eigenvalue weighted by Crippen LogP contribution is 2.20. The summed E-state index contributed by atoms with van der Waals surface area (Å²) in [4.78, 5) is 8.35. The number of nitrogens with zero attached hydrogens (tertiary/aromatic N) is 3. The molecule has 3 aromatic rings. The molecule has 2 aromatic heterocycles. The Bertz CT molecular complexity index is 778. The van der Waals surface area contributed by atoms with E-state index in [2.05, 4.69) is 9.97 Å². The highest BCUT2D eigenvalue weighted by molar-refractivity contribution is 7.84. The molecule has 0 aliphatic rings. The number of aromatic nitrogens is 3. The van der Waals surface area contributed by atoms with Crippen molar-refractivity contribution in [3.8, 4) is 0 Å². The maximum atomic E-state index is 12.2. The van der Waals surface area contributed by atoms with Crippen LogP contribution < -0.4 is 5.73 Å². The molecule has 0 bridgehead atoms. The van der Waals surface area contributed by atoms with Crippen molar-refractivity contribution in [2.75, 3.05) is 11.5 Å². The van der Waals surface area contributed by atoms with Gasteiger partial charge in [0.15, 0.2) is 5.58 Å². The Morgan fingerprint density at radius 2 is 2.30 bits per heavy atom. The highest BCUT2D eigenvalue weighted by Gasteiger charge is 2.13. The van der Waals surface area contributed by atoms with E-state index in [1.165, 1.54) is 0 Å². The minimum Gasteiger partial charge on any atom is -0.430 e. The van der Waals surface area contributed by atoms with Gasteiger partial charge in [-0.25, -0.2) is 14.2 Å². The first-order valence-electron chi connectivity index (χ1n) is 6.15. The molecule has 1 unspecified atom stereocenters. The molecule has 7 heteroatoms. The summed E-state index contributed by atoms with van der Waals surface area (Å²) >= 11 is 0. The van der Waals surface area contributed by atoms with E-state index in [9.17, 15) is 4.21 Å². The molecule has 0 aliphatic carbocycles. The van der Waals surface area contributed by atoms with Crippen LogP contribution in [0, 0.1) is 6.92 Å². The standard InChI is InChI=1S/C13H14N4O2S/c1-9-15-4-5-17(9)6-7-20(18)13-16-11-8-10(14)2-3-12(11)19-13/h2-5,8H,6-7,14H2,1H3. The molecular formula is C13H14N4O2S. The number of benzene rings is 1. The Labute approximate surface area is 118 Å². The lowest BCUT2D eigenvalue weighted by Crippen LogP contribution is -2.08. The SMILES string of the molecule is Cc1nccn1CCS(=O)c1nc2cc(N)ccc2o1. The summed E-state index contributed by atoms with van der Waals surface area (Å²) in [6.07, 6.45) is 3.58. The predicted octanol–water partition coefficient (Wildman–Crippen LogP) is 1.72. The van der Waals surface area contributed by atoms with Gasteiger partial charge in [-0.3, -0.25) is 0 Å². The Morgan fingerprint density at radius 1 is 1.45 bits per heavy atom. The van der Waals surface area contributed by atoms with Gasteiger partial charge in [0.05, 0.1) is 5.75 Å². The summed E-state index contributed by atoms with van der Waals surface area (Å²) in [6.45, 7) is 2.52. The van der Waals surface area contributed by atoms with E-state index in [0.717, 1.165) is 5.82 Å². The Kier molecular flexibility index (Phi) is 3.27. The molecule has 20 heavy (non-hydrogen) atoms. The lowest BCUT2D eigenvalue weighted by molar-refractivity contribution is 0.477. The summed E-state index contributed by atoms with van der Waals surface area (Å²) < 4.78 is 19.6. The van der Waals surface area contributed by atoms with Crippen LogP contribution in [0.1, 0.15) is 5.82 Å². The van der Waals surface area contributed by atoms with Gasteiger partial charge in [-0.2, -0.15) is 0 Å². The number of aryl methyl sites for hydroxylation is 2. The number of rotatable bonds is 4. The maximum Gasteiger partial charge on any atom is 0.288 e. The quantitative estimate of drug-likeness (QED) is 0.739. The molecule has 0 radical (unpaired) electrons. The smallest absolute Gasteiger partial charge is 0.288 e. The summed E-state index contributed by atoms with van der Waals surface area (Å²) in [7, 11) is -1.28. The number of oxazole rings is 1. The molecule has 0 spiro atoms. The fourth-order valence-corrected chi connectivity index (χ4v) is 2.85. The predicted molar refractivity (Wildman–Crippen MR) is 76.7 cm³/mol. The summed E-state index contributed by atoms with van der Waals surface area (Å²) in [5.41, 5.74) is 7.52. The average Bonchev–Trinajstić information content (AvgIpc) is 3.01. The van der Waals surface area contributed by atoms with Gasteiger partial charge in [0.25, 0.3) is 5.22 Å². The zero-order valence-corrected chi connectivity index (χ0v) is 11.8. The van der Waals surface area contributed by atoms with Crippen molar-refractivity contribution in [1.82, 2.24) is 14.5 Å². The van der Waals surface area contributed by atoms with E-state index < -0.39 is 10.8 Å². The molecule has 1 atom stereocenters. The van der Waals surface area contributed by atoms with Crippen molar-refractivity contribution in [1.29, 1.82) is 0 Å². The van der Waals surface area contributed by atoms with Gasteiger partial charge in [0, 0.05) is 24.6 Å². The van der Waals surface area contributed by atoms with Gasteiger partial charge in [0.1, 0.15) is 22.1 Å². The number of hydrogen-bond donors (Lipinski definition) is 1. The maximum absolute atomic E-state index is 12.2. The van der Waals surface area contributed by atoms with Gasteiger partial charge in [0.2, 0.25) is 0 Å². The van der Waals surface area contributed by atoms with Crippen LogP contribution in [-0.2, 0) is 17.3 Å². The van der Waals surface area contributed by atoms with E-state index in [1.54, 1.807) is 24.4 Å². The van der Waals surface area contributed by atoms with Crippen molar-refractivity contribution in [3.63, 3.8) is 0 Å². The van der Waals surface area contributed by atoms with Crippen molar-refractivity contribution in [2.24, 2.45) is 0 Å². The van der Waals surface area contributed by atoms with Crippen molar-refractivity contribution < 1.29 is 8.63 Å². The summed E-state index contributed by atoms with van der Waals surface area (Å²) in [6, 6.07) is 5.17. The van der Waals surface area contributed by atoms with Gasteiger partial charge >= 0.3 is 0 Å². The fraction of sp³-hybridized carbons (Fsp3) is 0.231. The van der Waals surface area contributed by atoms with Crippen LogP contribution in [-0.4, -0.2) is 24.5 Å². The lowest BCUT2D eigenvalue weighted by atomic mass is 10.3. The second-order valence-electron chi connectivity index (χ2n) is 4.42. The van der Waals surface area contributed by atoms with Gasteiger partial charge in [-0.05, 0) is 25.1 Å². The number of anilines is 1. The topological polar surface area (TPSA) is 86.9 Å². The third-order valence-electron chi connectivity index (χ3n) is 3.03. The Hall–Kier alpha value is -2.15. The molecule has 0 saturated carbocycles. The summed E-state index contributed by atoms with van der Waals surface area (Å²) in [5, 5.41) is 0.239. The monoisotopic (exact) mass is 290 g/mol. The van der Waals surface area contributed by atoms with Crippen LogP contribution >= 0.6 is 0 Å². The molecule has 0 fully saturated rings. The van der Waals surface area contributed by atoms with Crippen LogP contribution in [0.5, 0.6) is 0 Å². The molecule has 6 nitrogen and oxygen atoms in total. The number of imidazole rings is 1. The van der Waals surface area contributed by atoms with E-state index >= 15 is 0 Å². The second kappa shape index (κ2) is 5.09. The van der Waals surface area contributed by atoms with Gasteiger partial charge in [-0.1, -0.05) is 0 Å². The molecule has 0 saturated heterocycles. The number of nitrogens with two attached hydrogens (primary N) is 1. The van der Waals surface area contributed by atoms with Crippen LogP contribution in [0.15, 0.2) is 40.2 Å². The van der Waals surface area contributed by atoms with E-state index in [0.29, 0.717) is 29.1 Å². The van der Waals surface area contributed by atoms with Gasteiger partial charge in [-0.15, -0.1) is 0 Å². The van der Waals surface area contributed by atoms with E-state index in [4.69, 9.17) is 10.2 Å². The van der Waals surface area contributed by atoms with Crippen molar-refractivity contribution in [2.45, 2.75) is 18.7 Å². The normalized spacial score (nSPS) is 12.8. The second-order valence-corrected chi connectivity index (χ2v) is 5.87. The first-order valence-corrected chi connectivity index (χ1v) is 7.47. The third kappa shape index (κ3) is 2.44. The number of fused-ring (bicyclic) bond motifs is 1. The zero-order valence-electron chi connectivity index (χ0n) is 10.9. The minimum atomic E-state index is -1.28. The molecule has 0 aliphatic heterocycles. The van der Waals surface area contributed by atoms with Gasteiger partial charge < -0.3 is 14.7 Å². The molecular weight excluding hydrogens is 276 g/mol. The molecule has 2 N–H and O–H groups in total. The number of nitrogen functional groups attached to an aromatic ring is 1. The Morgan fingerprint density at radius 3 is 3.05 bits per heavy atom. The molecule has 3 rings (SSSR count). The molecule has 0 amide bonds. The zero-order chi connectivity index (χ0) is 14.1. The molecule has 104 valence electrons. The van der Waals surface area contributed by atoms with E-state index in [-0.39, 0.29) is 5.22 Å². The van der Waals surface area contributed by atoms with Crippen LogP contribution in [0.3, 0.4) is 0 Å². The third-order valence-corrected chi connectivity index (χ3v) is 4.15. The first-order chi connectivity index (χ1) is 9.63. The van der Waals surface area contributed by atoms with Crippen LogP contribution in [0.25, 0.3) is 11.1 Å². The van der Waals surface area contributed by atoms with Crippen LogP contribution in [0.2, 0.25) is 0 Å². The van der Waals surface area contributed by atoms with Crippen LogP contribution in [0.4, 0.5) is 5.69 Å². The molecule has 1 aromatic carbocycles. The van der Waals surface area contributed by atoms with E-state index in [1.807, 2.05) is 17.7 Å². The largest absolute Gasteiger partial charge is 0.430 e. The first kappa shape index (κ1) is 12.9. The summed E-state index contributed by atoms with van der Waals surface area (Å²) in [5.74, 6) is 1.33. The lowest BCUT2D eigenvalue weighted by Gasteiger charge is -2.02. The fourth-order valence-electron chi connectivity index (χ4n) is 1.93. The number of hydrogen-bond acceptors (Lipinski definition) is 5. The minimum absolute atomic E-state index is 0.239. The Balaban J connectivity index is 1.77. The van der Waals surface area contributed by atoms with Crippen molar-refractivity contribution >= 4 is 27.6 Å². The molecule has 2 heterocycles. The average molecular weight is 290 g/mol.